The second kappa shape index (κ2) is 7.26. The lowest BCUT2D eigenvalue weighted by Crippen LogP contribution is -2.14. The zero-order valence-electron chi connectivity index (χ0n) is 13.0. The van der Waals surface area contributed by atoms with Crippen LogP contribution in [0.25, 0.3) is 11.3 Å². The predicted octanol–water partition coefficient (Wildman–Crippen LogP) is 3.45. The van der Waals surface area contributed by atoms with Gasteiger partial charge in [0.25, 0.3) is 5.91 Å². The van der Waals surface area contributed by atoms with Crippen molar-refractivity contribution in [1.82, 2.24) is 9.97 Å². The van der Waals surface area contributed by atoms with E-state index in [2.05, 4.69) is 15.3 Å². The van der Waals surface area contributed by atoms with E-state index >= 15 is 0 Å². The Kier molecular flexibility index (Phi) is 5.05. The van der Waals surface area contributed by atoms with E-state index in [1.165, 1.54) is 23.5 Å². The normalized spacial score (nSPS) is 11.5. The molecule has 26 heavy (non-hydrogen) atoms. The summed E-state index contributed by atoms with van der Waals surface area (Å²) < 4.78 is 47.8. The maximum Gasteiger partial charge on any atom is 0.341 e. The van der Waals surface area contributed by atoms with E-state index in [-0.39, 0.29) is 5.56 Å². The first-order valence-electron chi connectivity index (χ1n) is 7.17. The monoisotopic (exact) mass is 395 g/mol. The number of hydrogen-bond acceptors (Lipinski definition) is 6. The molecule has 2 aromatic heterocycles. The van der Waals surface area contributed by atoms with Gasteiger partial charge in [0, 0.05) is 28.9 Å². The van der Waals surface area contributed by atoms with Crippen molar-refractivity contribution in [3.05, 3.63) is 59.7 Å². The quantitative estimate of drug-likeness (QED) is 0.715. The third-order valence-corrected chi connectivity index (χ3v) is 5.52. The average Bonchev–Trinajstić information content (AvgIpc) is 3.11. The van der Waals surface area contributed by atoms with Crippen LogP contribution >= 0.6 is 11.3 Å². The van der Waals surface area contributed by atoms with E-state index < -0.39 is 26.4 Å². The molecule has 0 aliphatic heterocycles. The lowest BCUT2D eigenvalue weighted by Gasteiger charge is -2.05. The van der Waals surface area contributed by atoms with Gasteiger partial charge < -0.3 is 0 Å². The van der Waals surface area contributed by atoms with Crippen LogP contribution in [0.4, 0.5) is 13.9 Å². The molecule has 0 radical (unpaired) electrons. The number of hydrogen-bond donors (Lipinski definition) is 1. The second-order valence-electron chi connectivity index (χ2n) is 5.06. The number of nitrogens with one attached hydrogen (secondary N) is 1. The lowest BCUT2D eigenvalue weighted by molar-refractivity contribution is 0.102. The Morgan fingerprint density at radius 1 is 1.15 bits per heavy atom. The first kappa shape index (κ1) is 18.1. The summed E-state index contributed by atoms with van der Waals surface area (Å²) in [5, 5.41) is 4.68. The molecule has 0 saturated carbocycles. The third kappa shape index (κ3) is 3.75. The van der Waals surface area contributed by atoms with Crippen molar-refractivity contribution in [2.24, 2.45) is 0 Å². The largest absolute Gasteiger partial charge is 0.341 e. The molecule has 10 heteroatoms. The van der Waals surface area contributed by atoms with Crippen LogP contribution in [0.15, 0.2) is 59.1 Å². The van der Waals surface area contributed by atoms with E-state index in [0.717, 1.165) is 17.7 Å². The minimum Gasteiger partial charge on any atom is -0.298 e. The van der Waals surface area contributed by atoms with E-state index in [0.29, 0.717) is 10.8 Å². The zero-order chi connectivity index (χ0) is 18.7. The Hall–Kier alpha value is -2.72. The Labute approximate surface area is 151 Å². The molecule has 3 aromatic rings. The SMILES string of the molecule is O=C(Nc1nc(-c2cccnc2)cs1)c1ccc(S(=O)(=O)C(F)F)cc1. The van der Waals surface area contributed by atoms with Crippen LogP contribution in [0.3, 0.4) is 0 Å². The van der Waals surface area contributed by atoms with Crippen LogP contribution in [-0.2, 0) is 9.84 Å². The molecule has 1 N–H and O–H groups in total. The van der Waals surface area contributed by atoms with Crippen LogP contribution in [0.2, 0.25) is 0 Å². The summed E-state index contributed by atoms with van der Waals surface area (Å²) >= 11 is 1.21. The molecule has 6 nitrogen and oxygen atoms in total. The van der Waals surface area contributed by atoms with Gasteiger partial charge in [-0.25, -0.2) is 13.4 Å². The van der Waals surface area contributed by atoms with Gasteiger partial charge >= 0.3 is 5.76 Å². The highest BCUT2D eigenvalue weighted by Gasteiger charge is 2.26. The van der Waals surface area contributed by atoms with Gasteiger partial charge in [0.05, 0.1) is 10.6 Å². The van der Waals surface area contributed by atoms with E-state index in [1.54, 1.807) is 23.8 Å². The number of thiazole rings is 1. The molecule has 0 bridgehead atoms. The molecule has 0 atom stereocenters. The molecule has 0 fully saturated rings. The summed E-state index contributed by atoms with van der Waals surface area (Å²) in [4.78, 5) is 19.9. The highest BCUT2D eigenvalue weighted by molar-refractivity contribution is 7.91. The zero-order valence-corrected chi connectivity index (χ0v) is 14.6. The first-order valence-corrected chi connectivity index (χ1v) is 9.60. The van der Waals surface area contributed by atoms with Gasteiger partial charge in [0.15, 0.2) is 5.13 Å². The van der Waals surface area contributed by atoms with Crippen molar-refractivity contribution < 1.29 is 22.0 Å². The number of amides is 1. The van der Waals surface area contributed by atoms with Crippen LogP contribution in [-0.4, -0.2) is 30.1 Å². The number of sulfone groups is 1. The van der Waals surface area contributed by atoms with E-state index in [9.17, 15) is 22.0 Å². The molecular formula is C16H11F2N3O3S2. The summed E-state index contributed by atoms with van der Waals surface area (Å²) in [6.07, 6.45) is 3.28. The highest BCUT2D eigenvalue weighted by atomic mass is 32.2. The average molecular weight is 395 g/mol. The molecule has 134 valence electrons. The number of aromatic nitrogens is 2. The molecule has 0 unspecified atom stereocenters. The minimum absolute atomic E-state index is 0.122. The number of carbonyl (C=O) groups excluding carboxylic acids is 1. The van der Waals surface area contributed by atoms with E-state index in [1.807, 2.05) is 6.07 Å². The lowest BCUT2D eigenvalue weighted by atomic mass is 10.2. The molecule has 1 amide bonds. The number of halogens is 2. The number of anilines is 1. The Morgan fingerprint density at radius 2 is 1.88 bits per heavy atom. The van der Waals surface area contributed by atoms with E-state index in [4.69, 9.17) is 0 Å². The molecule has 0 spiro atoms. The Morgan fingerprint density at radius 3 is 2.50 bits per heavy atom. The number of pyridine rings is 1. The standard InChI is InChI=1S/C16H11F2N3O3S2/c17-15(18)26(23,24)12-5-3-10(4-6-12)14(22)21-16-20-13(9-25-16)11-2-1-7-19-8-11/h1-9,15H,(H,20,21,22). The maximum atomic E-state index is 12.5. The van der Waals surface area contributed by atoms with Crippen LogP contribution < -0.4 is 5.32 Å². The molecular weight excluding hydrogens is 384 g/mol. The highest BCUT2D eigenvalue weighted by Crippen LogP contribution is 2.25. The molecule has 0 aliphatic rings. The van der Waals surface area contributed by atoms with Gasteiger partial charge in [-0.2, -0.15) is 8.78 Å². The molecule has 1 aromatic carbocycles. The number of carbonyl (C=O) groups is 1. The van der Waals surface area contributed by atoms with Crippen molar-refractivity contribution in [2.75, 3.05) is 5.32 Å². The summed E-state index contributed by atoms with van der Waals surface area (Å²) in [5.74, 6) is -4.04. The van der Waals surface area contributed by atoms with Gasteiger partial charge in [-0.05, 0) is 36.4 Å². The number of benzene rings is 1. The van der Waals surface area contributed by atoms with Gasteiger partial charge in [-0.3, -0.25) is 15.1 Å². The summed E-state index contributed by atoms with van der Waals surface area (Å²) in [5.41, 5.74) is 1.57. The Balaban J connectivity index is 1.74. The van der Waals surface area contributed by atoms with Crippen LogP contribution in [0, 0.1) is 0 Å². The number of nitrogens with zero attached hydrogens (tertiary/aromatic N) is 2. The van der Waals surface area contributed by atoms with Crippen molar-refractivity contribution in [3.8, 4) is 11.3 Å². The predicted molar refractivity (Wildman–Crippen MR) is 92.9 cm³/mol. The van der Waals surface area contributed by atoms with Crippen molar-refractivity contribution in [1.29, 1.82) is 0 Å². The molecule has 0 aliphatic carbocycles. The molecule has 0 saturated heterocycles. The number of alkyl halides is 2. The van der Waals surface area contributed by atoms with Crippen molar-refractivity contribution in [3.63, 3.8) is 0 Å². The smallest absolute Gasteiger partial charge is 0.298 e. The van der Waals surface area contributed by atoms with Crippen LogP contribution in [0.1, 0.15) is 10.4 Å². The fourth-order valence-electron chi connectivity index (χ4n) is 2.05. The summed E-state index contributed by atoms with van der Waals surface area (Å²) in [6.45, 7) is 0. The molecule has 2 heterocycles. The Bertz CT molecular complexity index is 1020. The topological polar surface area (TPSA) is 89.0 Å². The third-order valence-electron chi connectivity index (χ3n) is 3.36. The first-order chi connectivity index (χ1) is 12.4. The second-order valence-corrected chi connectivity index (χ2v) is 7.84. The van der Waals surface area contributed by atoms with Gasteiger partial charge in [0.2, 0.25) is 9.84 Å². The summed E-state index contributed by atoms with van der Waals surface area (Å²) in [6, 6.07) is 7.87. The fourth-order valence-corrected chi connectivity index (χ4v) is 3.48. The molecule has 3 rings (SSSR count). The summed E-state index contributed by atoms with van der Waals surface area (Å²) in [7, 11) is -4.69. The fraction of sp³-hybridized carbons (Fsp3) is 0.0625. The van der Waals surface area contributed by atoms with Crippen LogP contribution in [0.5, 0.6) is 0 Å². The van der Waals surface area contributed by atoms with Gasteiger partial charge in [-0.1, -0.05) is 0 Å². The maximum absolute atomic E-state index is 12.5. The number of rotatable bonds is 5. The minimum atomic E-state index is -4.69. The van der Waals surface area contributed by atoms with Crippen molar-refractivity contribution in [2.45, 2.75) is 10.7 Å². The van der Waals surface area contributed by atoms with Gasteiger partial charge in [0.1, 0.15) is 0 Å². The van der Waals surface area contributed by atoms with Gasteiger partial charge in [-0.15, -0.1) is 11.3 Å². The van der Waals surface area contributed by atoms with Crippen molar-refractivity contribution >= 4 is 32.2 Å².